The quantitative estimate of drug-likeness (QED) is 0.926. The maximum Gasteiger partial charge on any atom is 0.317 e. The minimum absolute atomic E-state index is 0.0414. The molecule has 1 aliphatic heterocycles. The maximum atomic E-state index is 14.0. The number of hydrogen-bond acceptors (Lipinski definition) is 4. The van der Waals surface area contributed by atoms with Crippen molar-refractivity contribution in [3.63, 3.8) is 0 Å². The maximum absolute atomic E-state index is 14.0. The van der Waals surface area contributed by atoms with Crippen molar-refractivity contribution in [3.8, 4) is 6.01 Å². The van der Waals surface area contributed by atoms with Gasteiger partial charge in [0.15, 0.2) is 5.82 Å². The van der Waals surface area contributed by atoms with Crippen molar-refractivity contribution in [2.75, 3.05) is 13.1 Å². The van der Waals surface area contributed by atoms with Crippen LogP contribution >= 0.6 is 11.6 Å². The average Bonchev–Trinajstić information content (AvgIpc) is 2.56. The lowest BCUT2D eigenvalue weighted by atomic mass is 9.94. The third-order valence-corrected chi connectivity index (χ3v) is 4.08. The smallest absolute Gasteiger partial charge is 0.317 e. The fourth-order valence-corrected chi connectivity index (χ4v) is 2.75. The van der Waals surface area contributed by atoms with Gasteiger partial charge in [-0.3, -0.25) is 0 Å². The van der Waals surface area contributed by atoms with Crippen LogP contribution in [0.25, 0.3) is 0 Å². The van der Waals surface area contributed by atoms with E-state index < -0.39 is 11.6 Å². The molecular formula is C16H16ClF2N3O. The van der Waals surface area contributed by atoms with Crippen LogP contribution in [-0.4, -0.2) is 23.1 Å². The fourth-order valence-electron chi connectivity index (χ4n) is 2.60. The van der Waals surface area contributed by atoms with Crippen molar-refractivity contribution < 1.29 is 13.5 Å². The number of aromatic nitrogens is 2. The highest BCUT2D eigenvalue weighted by molar-refractivity contribution is 6.30. The summed E-state index contributed by atoms with van der Waals surface area (Å²) in [6.45, 7) is 1.63. The van der Waals surface area contributed by atoms with E-state index >= 15 is 0 Å². The summed E-state index contributed by atoms with van der Waals surface area (Å²) >= 11 is 5.71. The summed E-state index contributed by atoms with van der Waals surface area (Å²) in [5, 5.41) is 3.54. The first-order valence-corrected chi connectivity index (χ1v) is 7.81. The Morgan fingerprint density at radius 1 is 1.22 bits per heavy atom. The molecule has 0 radical (unpaired) electrons. The highest BCUT2D eigenvalue weighted by Gasteiger charge is 2.21. The molecule has 7 heteroatoms. The number of halogens is 3. The van der Waals surface area contributed by atoms with Crippen LogP contribution in [0, 0.1) is 11.6 Å². The van der Waals surface area contributed by atoms with Crippen LogP contribution in [0.3, 0.4) is 0 Å². The Morgan fingerprint density at radius 2 is 2.00 bits per heavy atom. The molecule has 1 aromatic heterocycles. The number of nitrogens with one attached hydrogen (secondary N) is 1. The van der Waals surface area contributed by atoms with Gasteiger partial charge in [0.05, 0.1) is 11.9 Å². The van der Waals surface area contributed by atoms with Gasteiger partial charge in [-0.05, 0) is 38.1 Å². The van der Waals surface area contributed by atoms with Gasteiger partial charge in [0, 0.05) is 16.5 Å². The second kappa shape index (κ2) is 7.19. The molecule has 1 aliphatic rings. The van der Waals surface area contributed by atoms with Gasteiger partial charge in [0.25, 0.3) is 0 Å². The van der Waals surface area contributed by atoms with E-state index in [-0.39, 0.29) is 18.5 Å². The van der Waals surface area contributed by atoms with Crippen molar-refractivity contribution in [3.05, 3.63) is 52.3 Å². The lowest BCUT2D eigenvalue weighted by Gasteiger charge is -2.22. The standard InChI is InChI=1S/C16H16ClF2N3O/c17-12-2-1-11(13(18)7-12)9-23-16-21-8-14(19)15(22-16)10-3-5-20-6-4-10/h1-2,7-8,10,20H,3-6,9H2. The predicted octanol–water partition coefficient (Wildman–Crippen LogP) is 3.45. The van der Waals surface area contributed by atoms with Crippen LogP contribution in [0.15, 0.2) is 24.4 Å². The van der Waals surface area contributed by atoms with Crippen molar-refractivity contribution >= 4 is 11.6 Å². The molecule has 0 bridgehead atoms. The van der Waals surface area contributed by atoms with E-state index in [2.05, 4.69) is 15.3 Å². The van der Waals surface area contributed by atoms with Gasteiger partial charge in [0.2, 0.25) is 0 Å². The largest absolute Gasteiger partial charge is 0.458 e. The van der Waals surface area contributed by atoms with Crippen LogP contribution in [-0.2, 0) is 6.61 Å². The van der Waals surface area contributed by atoms with Crippen molar-refractivity contribution in [2.24, 2.45) is 0 Å². The second-order valence-corrected chi connectivity index (χ2v) is 5.87. The normalized spacial score (nSPS) is 15.6. The predicted molar refractivity (Wildman–Crippen MR) is 82.6 cm³/mol. The molecule has 1 aromatic carbocycles. The van der Waals surface area contributed by atoms with Crippen molar-refractivity contribution in [1.82, 2.24) is 15.3 Å². The summed E-state index contributed by atoms with van der Waals surface area (Å²) in [7, 11) is 0. The monoisotopic (exact) mass is 339 g/mol. The minimum atomic E-state index is -0.460. The molecule has 1 saturated heterocycles. The van der Waals surface area contributed by atoms with Gasteiger partial charge in [-0.15, -0.1) is 0 Å². The second-order valence-electron chi connectivity index (χ2n) is 5.43. The molecule has 2 heterocycles. The lowest BCUT2D eigenvalue weighted by Crippen LogP contribution is -2.27. The number of benzene rings is 1. The van der Waals surface area contributed by atoms with Gasteiger partial charge in [-0.2, -0.15) is 4.98 Å². The first kappa shape index (κ1) is 16.1. The minimum Gasteiger partial charge on any atom is -0.458 e. The summed E-state index contributed by atoms with van der Waals surface area (Å²) in [6.07, 6.45) is 2.75. The molecule has 0 atom stereocenters. The third-order valence-electron chi connectivity index (χ3n) is 3.85. The zero-order chi connectivity index (χ0) is 16.2. The van der Waals surface area contributed by atoms with Gasteiger partial charge in [0.1, 0.15) is 12.4 Å². The zero-order valence-electron chi connectivity index (χ0n) is 12.4. The number of rotatable bonds is 4. The van der Waals surface area contributed by atoms with E-state index in [9.17, 15) is 8.78 Å². The topological polar surface area (TPSA) is 47.0 Å². The average molecular weight is 340 g/mol. The van der Waals surface area contributed by atoms with Crippen molar-refractivity contribution in [2.45, 2.75) is 25.4 Å². The molecule has 4 nitrogen and oxygen atoms in total. The molecule has 122 valence electrons. The molecule has 0 aliphatic carbocycles. The van der Waals surface area contributed by atoms with Crippen LogP contribution in [0.5, 0.6) is 6.01 Å². The molecule has 0 unspecified atom stereocenters. The van der Waals surface area contributed by atoms with E-state index in [1.54, 1.807) is 6.07 Å². The number of nitrogens with zero attached hydrogens (tertiary/aromatic N) is 2. The van der Waals surface area contributed by atoms with E-state index in [0.717, 1.165) is 32.1 Å². The highest BCUT2D eigenvalue weighted by atomic mass is 35.5. The molecule has 0 saturated carbocycles. The molecule has 1 fully saturated rings. The molecule has 3 rings (SSSR count). The molecular weight excluding hydrogens is 324 g/mol. The summed E-state index contributed by atoms with van der Waals surface area (Å²) in [5.41, 5.74) is 0.707. The van der Waals surface area contributed by atoms with Gasteiger partial charge < -0.3 is 10.1 Å². The Bertz CT molecular complexity index is 693. The number of hydrogen-bond donors (Lipinski definition) is 1. The zero-order valence-corrected chi connectivity index (χ0v) is 13.1. The molecule has 2 aromatic rings. The Balaban J connectivity index is 1.72. The van der Waals surface area contributed by atoms with Gasteiger partial charge in [-0.25, -0.2) is 13.8 Å². The van der Waals surface area contributed by atoms with Gasteiger partial charge >= 0.3 is 6.01 Å². The van der Waals surface area contributed by atoms with Crippen LogP contribution in [0.1, 0.15) is 30.0 Å². The Hall–Kier alpha value is -1.79. The number of piperidine rings is 1. The summed E-state index contributed by atoms with van der Waals surface area (Å²) in [4.78, 5) is 8.00. The summed E-state index contributed by atoms with van der Waals surface area (Å²) < 4.78 is 33.1. The SMILES string of the molecule is Fc1cc(Cl)ccc1COc1ncc(F)c(C2CCNCC2)n1. The molecule has 0 amide bonds. The molecule has 23 heavy (non-hydrogen) atoms. The Labute approximate surface area is 137 Å². The fraction of sp³-hybridized carbons (Fsp3) is 0.375. The summed E-state index contributed by atoms with van der Waals surface area (Å²) in [5.74, 6) is -0.839. The van der Waals surface area contributed by atoms with E-state index in [1.165, 1.54) is 12.1 Å². The first-order chi connectivity index (χ1) is 11.1. The van der Waals surface area contributed by atoms with E-state index in [0.29, 0.717) is 16.3 Å². The summed E-state index contributed by atoms with van der Waals surface area (Å²) in [6, 6.07) is 4.38. The van der Waals surface area contributed by atoms with E-state index in [4.69, 9.17) is 16.3 Å². The first-order valence-electron chi connectivity index (χ1n) is 7.43. The van der Waals surface area contributed by atoms with Gasteiger partial charge in [-0.1, -0.05) is 17.7 Å². The Morgan fingerprint density at radius 3 is 2.74 bits per heavy atom. The third kappa shape index (κ3) is 3.95. The number of ether oxygens (including phenoxy) is 1. The lowest BCUT2D eigenvalue weighted by molar-refractivity contribution is 0.270. The molecule has 1 N–H and O–H groups in total. The van der Waals surface area contributed by atoms with Crippen LogP contribution in [0.4, 0.5) is 8.78 Å². The van der Waals surface area contributed by atoms with Crippen LogP contribution < -0.4 is 10.1 Å². The van der Waals surface area contributed by atoms with Crippen molar-refractivity contribution in [1.29, 1.82) is 0 Å². The van der Waals surface area contributed by atoms with E-state index in [1.807, 2.05) is 0 Å². The van der Waals surface area contributed by atoms with Crippen LogP contribution in [0.2, 0.25) is 5.02 Å². The highest BCUT2D eigenvalue weighted by Crippen LogP contribution is 2.26. The Kier molecular flexibility index (Phi) is 5.03. The molecule has 0 spiro atoms.